The number of carbonyl (C=O) groups excluding carboxylic acids is 1. The molecule has 1 nitrogen and oxygen atoms in total. The second-order valence-electron chi connectivity index (χ2n) is 7.92. The molecule has 0 saturated carbocycles. The third-order valence-corrected chi connectivity index (χ3v) is 7.05. The fraction of sp³-hybridized carbons (Fsp3) is 0.957. The minimum atomic E-state index is 0.220. The highest BCUT2D eigenvalue weighted by molar-refractivity contribution is 9.09. The minimum Gasteiger partial charge on any atom is -0.299 e. The summed E-state index contributed by atoms with van der Waals surface area (Å²) >= 11 is 7.20. The number of Topliss-reactive ketones (excluding diaryl/α,β-unsaturated/α-hetero) is 1. The van der Waals surface area contributed by atoms with Crippen LogP contribution in [0, 0.1) is 11.8 Å². The lowest BCUT2D eigenvalue weighted by atomic mass is 9.88. The van der Waals surface area contributed by atoms with E-state index in [2.05, 4.69) is 45.7 Å². The number of rotatable bonds is 20. The summed E-state index contributed by atoms with van der Waals surface area (Å²) in [6.45, 7) is 4.53. The molecular weight excluding hydrogens is 452 g/mol. The zero-order chi connectivity index (χ0) is 19.5. The van der Waals surface area contributed by atoms with Crippen molar-refractivity contribution in [1.29, 1.82) is 0 Å². The zero-order valence-corrected chi connectivity index (χ0v) is 20.7. The Morgan fingerprint density at radius 2 is 0.885 bits per heavy atom. The van der Waals surface area contributed by atoms with Crippen LogP contribution in [0.2, 0.25) is 0 Å². The Hall–Kier alpha value is 0.630. The maximum Gasteiger partial charge on any atom is 0.140 e. The smallest absolute Gasteiger partial charge is 0.140 e. The van der Waals surface area contributed by atoms with Crippen LogP contribution >= 0.6 is 31.9 Å². The molecular formula is C23H44Br2O. The van der Waals surface area contributed by atoms with Gasteiger partial charge in [0.1, 0.15) is 5.78 Å². The van der Waals surface area contributed by atoms with E-state index < -0.39 is 0 Å². The van der Waals surface area contributed by atoms with Crippen molar-refractivity contribution < 1.29 is 4.79 Å². The average Bonchev–Trinajstić information content (AvgIpc) is 2.66. The molecule has 0 aliphatic carbocycles. The van der Waals surface area contributed by atoms with Gasteiger partial charge in [0.15, 0.2) is 0 Å². The molecule has 0 amide bonds. The lowest BCUT2D eigenvalue weighted by molar-refractivity contribution is -0.125. The lowest BCUT2D eigenvalue weighted by Crippen LogP contribution is -2.26. The summed E-state index contributed by atoms with van der Waals surface area (Å²) in [7, 11) is 0. The number of halogens is 2. The number of carbonyl (C=O) groups is 1. The summed E-state index contributed by atoms with van der Waals surface area (Å²) < 4.78 is 0. The fourth-order valence-corrected chi connectivity index (χ4v) is 4.91. The van der Waals surface area contributed by atoms with E-state index in [0.717, 1.165) is 23.5 Å². The summed E-state index contributed by atoms with van der Waals surface area (Å²) in [4.78, 5) is 12.9. The largest absolute Gasteiger partial charge is 0.299 e. The van der Waals surface area contributed by atoms with Gasteiger partial charge in [0, 0.05) is 22.5 Å². The lowest BCUT2D eigenvalue weighted by Gasteiger charge is -2.19. The van der Waals surface area contributed by atoms with Crippen molar-refractivity contribution in [3.05, 3.63) is 0 Å². The van der Waals surface area contributed by atoms with Crippen molar-refractivity contribution >= 4 is 37.6 Å². The van der Waals surface area contributed by atoms with Gasteiger partial charge in [-0.1, -0.05) is 136 Å². The molecule has 156 valence electrons. The van der Waals surface area contributed by atoms with Crippen molar-refractivity contribution in [1.82, 2.24) is 0 Å². The first-order chi connectivity index (χ1) is 12.7. The normalized spacial score (nSPS) is 13.7. The Kier molecular flexibility index (Phi) is 20.9. The van der Waals surface area contributed by atoms with Crippen LogP contribution in [-0.2, 0) is 4.79 Å². The summed E-state index contributed by atoms with van der Waals surface area (Å²) in [6.07, 6.45) is 20.6. The maximum absolute atomic E-state index is 12.9. The van der Waals surface area contributed by atoms with Crippen molar-refractivity contribution in [2.75, 3.05) is 10.7 Å². The van der Waals surface area contributed by atoms with Crippen LogP contribution < -0.4 is 0 Å². The number of unbranched alkanes of at least 4 members (excludes halogenated alkanes) is 12. The quantitative estimate of drug-likeness (QED) is 0.122. The summed E-state index contributed by atoms with van der Waals surface area (Å²) in [6, 6.07) is 0. The van der Waals surface area contributed by atoms with Gasteiger partial charge < -0.3 is 0 Å². The monoisotopic (exact) mass is 494 g/mol. The van der Waals surface area contributed by atoms with Gasteiger partial charge in [0.2, 0.25) is 0 Å². The third kappa shape index (κ3) is 14.7. The van der Waals surface area contributed by atoms with Gasteiger partial charge in [0.05, 0.1) is 0 Å². The van der Waals surface area contributed by atoms with Crippen LogP contribution in [0.15, 0.2) is 0 Å². The third-order valence-electron chi connectivity index (χ3n) is 5.49. The van der Waals surface area contributed by atoms with E-state index in [0.29, 0.717) is 5.78 Å². The molecule has 0 radical (unpaired) electrons. The standard InChI is InChI=1S/C23H44Br2O/c1-3-5-7-9-11-13-15-17-21(19-24)23(26)22(20-25)18-16-14-12-10-8-6-4-2/h21-22H,3-20H2,1-2H3. The highest BCUT2D eigenvalue weighted by atomic mass is 79.9. The number of alkyl halides is 2. The van der Waals surface area contributed by atoms with Crippen molar-refractivity contribution in [3.63, 3.8) is 0 Å². The molecule has 0 aliphatic heterocycles. The van der Waals surface area contributed by atoms with Gasteiger partial charge in [-0.25, -0.2) is 0 Å². The van der Waals surface area contributed by atoms with E-state index in [1.807, 2.05) is 0 Å². The summed E-state index contributed by atoms with van der Waals surface area (Å²) in [5, 5.41) is 1.67. The van der Waals surface area contributed by atoms with Gasteiger partial charge in [0.25, 0.3) is 0 Å². The van der Waals surface area contributed by atoms with Gasteiger partial charge in [-0.2, -0.15) is 0 Å². The fourth-order valence-electron chi connectivity index (χ4n) is 3.62. The molecule has 0 heterocycles. The van der Waals surface area contributed by atoms with Gasteiger partial charge in [-0.05, 0) is 12.8 Å². The van der Waals surface area contributed by atoms with Crippen molar-refractivity contribution in [2.45, 2.75) is 117 Å². The predicted octanol–water partition coefficient (Wildman–Crippen LogP) is 8.86. The second kappa shape index (κ2) is 20.4. The van der Waals surface area contributed by atoms with Crippen LogP contribution in [-0.4, -0.2) is 16.4 Å². The van der Waals surface area contributed by atoms with Crippen molar-refractivity contribution in [3.8, 4) is 0 Å². The maximum atomic E-state index is 12.9. The molecule has 0 aromatic carbocycles. The van der Waals surface area contributed by atoms with Crippen LogP contribution in [0.5, 0.6) is 0 Å². The van der Waals surface area contributed by atoms with E-state index in [4.69, 9.17) is 0 Å². The van der Waals surface area contributed by atoms with Crippen molar-refractivity contribution in [2.24, 2.45) is 11.8 Å². The summed E-state index contributed by atoms with van der Waals surface area (Å²) in [5.74, 6) is 0.936. The van der Waals surface area contributed by atoms with Crippen LogP contribution in [0.3, 0.4) is 0 Å². The van der Waals surface area contributed by atoms with Crippen LogP contribution in [0.4, 0.5) is 0 Å². The Balaban J connectivity index is 3.92. The number of hydrogen-bond acceptors (Lipinski definition) is 1. The zero-order valence-electron chi connectivity index (χ0n) is 17.5. The molecule has 0 fully saturated rings. The number of ketones is 1. The Bertz CT molecular complexity index is 279. The Morgan fingerprint density at radius 1 is 0.577 bits per heavy atom. The highest BCUT2D eigenvalue weighted by Crippen LogP contribution is 2.24. The average molecular weight is 496 g/mol. The summed E-state index contributed by atoms with van der Waals surface area (Å²) in [5.41, 5.74) is 0. The van der Waals surface area contributed by atoms with Crippen LogP contribution in [0.1, 0.15) is 117 Å². The van der Waals surface area contributed by atoms with E-state index in [-0.39, 0.29) is 11.8 Å². The molecule has 0 bridgehead atoms. The molecule has 0 aromatic rings. The minimum absolute atomic E-state index is 0.220. The molecule has 0 rings (SSSR count). The van der Waals surface area contributed by atoms with E-state index in [1.54, 1.807) is 0 Å². The first-order valence-electron chi connectivity index (χ1n) is 11.4. The van der Waals surface area contributed by atoms with E-state index in [9.17, 15) is 4.79 Å². The molecule has 0 aliphatic rings. The molecule has 26 heavy (non-hydrogen) atoms. The molecule has 0 N–H and O–H groups in total. The molecule has 0 saturated heterocycles. The Labute approximate surface area is 181 Å². The topological polar surface area (TPSA) is 17.1 Å². The Morgan fingerprint density at radius 3 is 1.19 bits per heavy atom. The first kappa shape index (κ1) is 26.6. The van der Waals surface area contributed by atoms with Crippen LogP contribution in [0.25, 0.3) is 0 Å². The highest BCUT2D eigenvalue weighted by Gasteiger charge is 2.24. The molecule has 0 aromatic heterocycles. The second-order valence-corrected chi connectivity index (χ2v) is 9.22. The van der Waals surface area contributed by atoms with E-state index >= 15 is 0 Å². The number of hydrogen-bond donors (Lipinski definition) is 0. The van der Waals surface area contributed by atoms with Gasteiger partial charge in [-0.15, -0.1) is 0 Å². The van der Waals surface area contributed by atoms with Gasteiger partial charge in [-0.3, -0.25) is 4.79 Å². The van der Waals surface area contributed by atoms with E-state index in [1.165, 1.54) is 89.9 Å². The predicted molar refractivity (Wildman–Crippen MR) is 125 cm³/mol. The van der Waals surface area contributed by atoms with Gasteiger partial charge >= 0.3 is 0 Å². The first-order valence-corrected chi connectivity index (χ1v) is 13.6. The molecule has 2 unspecified atom stereocenters. The molecule has 0 spiro atoms. The molecule has 2 atom stereocenters. The SMILES string of the molecule is CCCCCCCCCC(CBr)C(=O)C(CBr)CCCCCCCCC. The molecule has 3 heteroatoms.